The zero-order valence-corrected chi connectivity index (χ0v) is 10.1. The number of hydrogen-bond acceptors (Lipinski definition) is 3. The van der Waals surface area contributed by atoms with Gasteiger partial charge in [-0.1, -0.05) is 6.92 Å². The molecule has 3 atom stereocenters. The number of nitrogens with two attached hydrogens (primary N) is 1. The molecule has 1 heterocycles. The number of nitrogens with zero attached hydrogens (tertiary/aromatic N) is 1. The average molecular weight is 226 g/mol. The molecule has 0 spiro atoms. The molecular weight excluding hydrogens is 204 g/mol. The summed E-state index contributed by atoms with van der Waals surface area (Å²) in [5, 5.41) is 9.30. The Balaban J connectivity index is 2.03. The Morgan fingerprint density at radius 3 is 2.50 bits per heavy atom. The second-order valence-corrected chi connectivity index (χ2v) is 5.74. The summed E-state index contributed by atoms with van der Waals surface area (Å²) in [6, 6.07) is 0.469. The van der Waals surface area contributed by atoms with Crippen molar-refractivity contribution in [3.8, 4) is 0 Å². The molecule has 92 valence electrons. The van der Waals surface area contributed by atoms with Crippen LogP contribution in [0, 0.1) is 11.8 Å². The van der Waals surface area contributed by atoms with Crippen LogP contribution in [0.3, 0.4) is 0 Å². The Labute approximate surface area is 96.8 Å². The molecule has 0 aromatic carbocycles. The van der Waals surface area contributed by atoms with E-state index >= 15 is 0 Å². The van der Waals surface area contributed by atoms with Gasteiger partial charge in [-0.05, 0) is 38.0 Å². The van der Waals surface area contributed by atoms with Gasteiger partial charge in [0.25, 0.3) is 0 Å². The highest BCUT2D eigenvalue weighted by molar-refractivity contribution is 5.79. The van der Waals surface area contributed by atoms with E-state index in [2.05, 4.69) is 18.7 Å². The summed E-state index contributed by atoms with van der Waals surface area (Å²) in [6.45, 7) is 5.88. The molecule has 1 saturated carbocycles. The van der Waals surface area contributed by atoms with Gasteiger partial charge in [0, 0.05) is 19.1 Å². The van der Waals surface area contributed by atoms with Crippen LogP contribution in [0.4, 0.5) is 0 Å². The Morgan fingerprint density at radius 2 is 2.12 bits per heavy atom. The van der Waals surface area contributed by atoms with E-state index in [1.807, 2.05) is 0 Å². The zero-order chi connectivity index (χ0) is 11.9. The molecule has 2 fully saturated rings. The Hall–Kier alpha value is -0.610. The minimum Gasteiger partial charge on any atom is -0.480 e. The molecule has 0 amide bonds. The van der Waals surface area contributed by atoms with Gasteiger partial charge < -0.3 is 10.8 Å². The molecule has 1 aliphatic heterocycles. The summed E-state index contributed by atoms with van der Waals surface area (Å²) in [5.74, 6) is 0.0158. The van der Waals surface area contributed by atoms with Crippen LogP contribution in [0.5, 0.6) is 0 Å². The van der Waals surface area contributed by atoms with Crippen LogP contribution >= 0.6 is 0 Å². The van der Waals surface area contributed by atoms with Gasteiger partial charge in [-0.15, -0.1) is 0 Å². The Bertz CT molecular complexity index is 291. The smallest absolute Gasteiger partial charge is 0.325 e. The lowest BCUT2D eigenvalue weighted by molar-refractivity contribution is -0.145. The molecule has 1 aliphatic carbocycles. The first-order valence-corrected chi connectivity index (χ1v) is 6.20. The third-order valence-corrected chi connectivity index (χ3v) is 4.08. The first-order valence-electron chi connectivity index (χ1n) is 6.20. The molecule has 2 rings (SSSR count). The van der Waals surface area contributed by atoms with Crippen molar-refractivity contribution in [3.05, 3.63) is 0 Å². The molecule has 4 nitrogen and oxygen atoms in total. The van der Waals surface area contributed by atoms with Crippen LogP contribution in [0.1, 0.15) is 33.1 Å². The maximum Gasteiger partial charge on any atom is 0.325 e. The van der Waals surface area contributed by atoms with E-state index in [0.29, 0.717) is 18.5 Å². The number of carbonyl (C=O) groups is 1. The minimum atomic E-state index is -1.02. The summed E-state index contributed by atoms with van der Waals surface area (Å²) < 4.78 is 0. The number of carboxylic acids is 1. The predicted octanol–water partition coefficient (Wildman–Crippen LogP) is 0.909. The molecule has 3 N–H and O–H groups in total. The zero-order valence-electron chi connectivity index (χ0n) is 10.1. The maximum absolute atomic E-state index is 11.3. The topological polar surface area (TPSA) is 66.6 Å². The average Bonchev–Trinajstić information content (AvgIpc) is 2.95. The van der Waals surface area contributed by atoms with Gasteiger partial charge >= 0.3 is 5.97 Å². The second kappa shape index (κ2) is 4.00. The maximum atomic E-state index is 11.3. The van der Waals surface area contributed by atoms with Crippen LogP contribution < -0.4 is 5.73 Å². The van der Waals surface area contributed by atoms with E-state index in [1.165, 1.54) is 0 Å². The fraction of sp³-hybridized carbons (Fsp3) is 0.917. The van der Waals surface area contributed by atoms with E-state index in [9.17, 15) is 9.90 Å². The van der Waals surface area contributed by atoms with E-state index in [-0.39, 0.29) is 5.92 Å². The second-order valence-electron chi connectivity index (χ2n) is 5.74. The first-order chi connectivity index (χ1) is 7.43. The van der Waals surface area contributed by atoms with Crippen molar-refractivity contribution < 1.29 is 9.90 Å². The monoisotopic (exact) mass is 226 g/mol. The van der Waals surface area contributed by atoms with Crippen LogP contribution in [-0.4, -0.2) is 40.6 Å². The van der Waals surface area contributed by atoms with E-state index in [0.717, 1.165) is 25.8 Å². The molecule has 4 heteroatoms. The van der Waals surface area contributed by atoms with Crippen LogP contribution in [0.15, 0.2) is 0 Å². The largest absolute Gasteiger partial charge is 0.480 e. The Kier molecular flexibility index (Phi) is 2.97. The lowest BCUT2D eigenvalue weighted by Gasteiger charge is -2.32. The van der Waals surface area contributed by atoms with E-state index in [4.69, 9.17) is 5.73 Å². The molecule has 2 aliphatic rings. The summed E-state index contributed by atoms with van der Waals surface area (Å²) in [7, 11) is 0. The molecule has 0 bridgehead atoms. The van der Waals surface area contributed by atoms with E-state index < -0.39 is 11.5 Å². The van der Waals surface area contributed by atoms with Gasteiger partial charge in [-0.3, -0.25) is 9.69 Å². The number of likely N-dealkylation sites (tertiary alicyclic amines) is 1. The molecule has 1 saturated heterocycles. The van der Waals surface area contributed by atoms with Crippen LogP contribution in [0.2, 0.25) is 0 Å². The van der Waals surface area contributed by atoms with Crippen LogP contribution in [0.25, 0.3) is 0 Å². The van der Waals surface area contributed by atoms with Crippen molar-refractivity contribution in [2.75, 3.05) is 13.1 Å². The lowest BCUT2D eigenvalue weighted by Crippen LogP contribution is -2.58. The quantitative estimate of drug-likeness (QED) is 0.747. The van der Waals surface area contributed by atoms with Gasteiger partial charge in [0.15, 0.2) is 0 Å². The van der Waals surface area contributed by atoms with Gasteiger partial charge in [0.05, 0.1) is 0 Å². The lowest BCUT2D eigenvalue weighted by atomic mass is 9.93. The third kappa shape index (κ3) is 2.09. The first kappa shape index (κ1) is 11.9. The molecule has 0 radical (unpaired) electrons. The third-order valence-electron chi connectivity index (χ3n) is 4.08. The minimum absolute atomic E-state index is 0.188. The fourth-order valence-electron chi connectivity index (χ4n) is 2.91. The molecule has 3 unspecified atom stereocenters. The number of hydrogen-bond donors (Lipinski definition) is 2. The number of carboxylic acid groups (broad SMARTS) is 1. The van der Waals surface area contributed by atoms with E-state index in [1.54, 1.807) is 0 Å². The summed E-state index contributed by atoms with van der Waals surface area (Å²) in [6.07, 6.45) is 3.10. The van der Waals surface area contributed by atoms with Crippen molar-refractivity contribution in [3.63, 3.8) is 0 Å². The normalized spacial score (nSPS) is 34.9. The summed E-state index contributed by atoms with van der Waals surface area (Å²) in [4.78, 5) is 13.6. The van der Waals surface area contributed by atoms with Gasteiger partial charge in [0.2, 0.25) is 0 Å². The van der Waals surface area contributed by atoms with Crippen molar-refractivity contribution >= 4 is 5.97 Å². The molecule has 16 heavy (non-hydrogen) atoms. The van der Waals surface area contributed by atoms with Crippen LogP contribution in [-0.2, 0) is 4.79 Å². The summed E-state index contributed by atoms with van der Waals surface area (Å²) in [5.41, 5.74) is 5.08. The van der Waals surface area contributed by atoms with Crippen molar-refractivity contribution in [1.29, 1.82) is 0 Å². The summed E-state index contributed by atoms with van der Waals surface area (Å²) >= 11 is 0. The molecule has 0 aromatic heterocycles. The standard InChI is InChI=1S/C12H22N2O2/c1-8-5-9(2)14(6-8)7-12(13,11(15)16)10-3-4-10/h8-10H,3-7,13H2,1-2H3,(H,15,16). The highest BCUT2D eigenvalue weighted by Crippen LogP contribution is 2.40. The SMILES string of the molecule is CC1CC(C)N(CC(N)(C(=O)O)C2CC2)C1. The van der Waals surface area contributed by atoms with Crippen molar-refractivity contribution in [2.24, 2.45) is 17.6 Å². The number of aliphatic carboxylic acids is 1. The Morgan fingerprint density at radius 1 is 1.50 bits per heavy atom. The van der Waals surface area contributed by atoms with Crippen molar-refractivity contribution in [2.45, 2.75) is 44.7 Å². The molecule has 0 aromatic rings. The van der Waals surface area contributed by atoms with Crippen molar-refractivity contribution in [1.82, 2.24) is 4.90 Å². The fourth-order valence-corrected chi connectivity index (χ4v) is 2.91. The highest BCUT2D eigenvalue weighted by atomic mass is 16.4. The van der Waals surface area contributed by atoms with Gasteiger partial charge in [0.1, 0.15) is 5.54 Å². The predicted molar refractivity (Wildman–Crippen MR) is 62.1 cm³/mol. The van der Waals surface area contributed by atoms with Gasteiger partial charge in [-0.2, -0.15) is 0 Å². The van der Waals surface area contributed by atoms with Gasteiger partial charge in [-0.25, -0.2) is 0 Å². The number of rotatable bonds is 4. The highest BCUT2D eigenvalue weighted by Gasteiger charge is 2.50. The molecular formula is C12H22N2O2.